The van der Waals surface area contributed by atoms with Crippen LogP contribution in [0.4, 0.5) is 11.5 Å². The van der Waals surface area contributed by atoms with Gasteiger partial charge in [-0.1, -0.05) is 29.8 Å². The second kappa shape index (κ2) is 8.50. The van der Waals surface area contributed by atoms with Gasteiger partial charge in [0.15, 0.2) is 0 Å². The minimum Gasteiger partial charge on any atom is -0.329 e. The molecule has 2 heterocycles. The Bertz CT molecular complexity index is 1410. The van der Waals surface area contributed by atoms with Crippen LogP contribution in [0.2, 0.25) is 5.02 Å². The van der Waals surface area contributed by atoms with Crippen LogP contribution in [0.15, 0.2) is 48.5 Å². The Hall–Kier alpha value is -3.01. The van der Waals surface area contributed by atoms with Gasteiger partial charge in [-0.2, -0.15) is 9.29 Å². The summed E-state index contributed by atoms with van der Waals surface area (Å²) in [6.45, 7) is 0.827. The summed E-state index contributed by atoms with van der Waals surface area (Å²) >= 11 is 6.16. The predicted octanol–water partition coefficient (Wildman–Crippen LogP) is 3.44. The average molecular weight is 471 g/mol. The summed E-state index contributed by atoms with van der Waals surface area (Å²) in [7, 11) is -1.32. The van der Waals surface area contributed by atoms with Gasteiger partial charge in [0.25, 0.3) is 0 Å². The lowest BCUT2D eigenvalue weighted by Gasteiger charge is -2.25. The molecule has 2 N–H and O–H groups in total. The van der Waals surface area contributed by atoms with E-state index in [-0.39, 0.29) is 5.62 Å². The smallest absolute Gasteiger partial charge is 0.229 e. The lowest BCUT2D eigenvalue weighted by molar-refractivity contribution is 0.446. The van der Waals surface area contributed by atoms with Crippen LogP contribution in [-0.4, -0.2) is 55.0 Å². The highest BCUT2D eigenvalue weighted by Gasteiger charge is 2.21. The van der Waals surface area contributed by atoms with Crippen molar-refractivity contribution in [2.75, 3.05) is 31.3 Å². The molecule has 0 aliphatic carbocycles. The van der Waals surface area contributed by atoms with Crippen LogP contribution < -0.4 is 10.5 Å². The molecule has 0 bridgehead atoms. The second-order valence-corrected chi connectivity index (χ2v) is 10.0. The van der Waals surface area contributed by atoms with E-state index in [0.29, 0.717) is 35.9 Å². The first-order valence-corrected chi connectivity index (χ1v) is 12.2. The third kappa shape index (κ3) is 4.19. The van der Waals surface area contributed by atoms with Crippen LogP contribution in [0.3, 0.4) is 0 Å². The summed E-state index contributed by atoms with van der Waals surface area (Å²) in [5.74, 6) is 0.581. The van der Waals surface area contributed by atoms with E-state index >= 15 is 0 Å². The Morgan fingerprint density at radius 2 is 2.00 bits per heavy atom. The third-order valence-corrected chi connectivity index (χ3v) is 7.10. The van der Waals surface area contributed by atoms with Crippen molar-refractivity contribution < 1.29 is 8.42 Å². The summed E-state index contributed by atoms with van der Waals surface area (Å²) < 4.78 is 26.4. The zero-order valence-electron chi connectivity index (χ0n) is 17.7. The molecule has 4 rings (SSSR count). The molecule has 0 saturated heterocycles. The van der Waals surface area contributed by atoms with Crippen molar-refractivity contribution in [1.82, 2.24) is 13.9 Å². The molecule has 1 aliphatic rings. The fourth-order valence-corrected chi connectivity index (χ4v) is 4.79. The lowest BCUT2D eigenvalue weighted by atomic mass is 9.99. The SMILES string of the molecule is CN(c1cccc(C2=CCN(S(C)(=O)=O)CC2)c1)c1nc(=N)n(C=N)c2cc(Cl)ccc12. The van der Waals surface area contributed by atoms with Crippen LogP contribution in [0.5, 0.6) is 0 Å². The van der Waals surface area contributed by atoms with Crippen molar-refractivity contribution in [3.8, 4) is 0 Å². The summed E-state index contributed by atoms with van der Waals surface area (Å²) in [5.41, 5.74) is 3.56. The molecule has 0 saturated carbocycles. The molecule has 1 aromatic heterocycles. The van der Waals surface area contributed by atoms with E-state index in [4.69, 9.17) is 22.4 Å². The number of nitrogens with zero attached hydrogens (tertiary/aromatic N) is 4. The molecular formula is C22H23ClN6O2S. The number of hydrogen-bond donors (Lipinski definition) is 2. The zero-order valence-corrected chi connectivity index (χ0v) is 19.3. The summed E-state index contributed by atoms with van der Waals surface area (Å²) in [6, 6.07) is 13.3. The molecule has 0 spiro atoms. The highest BCUT2D eigenvalue weighted by Crippen LogP contribution is 2.32. The normalized spacial score (nSPS) is 14.9. The quantitative estimate of drug-likeness (QED) is 0.440. The van der Waals surface area contributed by atoms with Crippen molar-refractivity contribution in [3.63, 3.8) is 0 Å². The molecule has 0 amide bonds. The molecule has 0 fully saturated rings. The molecule has 10 heteroatoms. The van der Waals surface area contributed by atoms with E-state index in [1.807, 2.05) is 48.4 Å². The molecule has 3 aromatic rings. The van der Waals surface area contributed by atoms with Gasteiger partial charge in [-0.25, -0.2) is 8.42 Å². The monoisotopic (exact) mass is 470 g/mol. The van der Waals surface area contributed by atoms with Gasteiger partial charge in [0.2, 0.25) is 15.6 Å². The molecular weight excluding hydrogens is 448 g/mol. The Morgan fingerprint density at radius 3 is 2.66 bits per heavy atom. The maximum absolute atomic E-state index is 11.8. The van der Waals surface area contributed by atoms with E-state index in [1.54, 1.807) is 12.1 Å². The number of nitrogens with one attached hydrogen (secondary N) is 2. The van der Waals surface area contributed by atoms with Crippen molar-refractivity contribution in [2.45, 2.75) is 6.42 Å². The first-order chi connectivity index (χ1) is 15.2. The molecule has 166 valence electrons. The van der Waals surface area contributed by atoms with Crippen LogP contribution >= 0.6 is 11.6 Å². The van der Waals surface area contributed by atoms with Crippen LogP contribution in [0.25, 0.3) is 16.5 Å². The van der Waals surface area contributed by atoms with E-state index in [0.717, 1.165) is 28.5 Å². The maximum Gasteiger partial charge on any atom is 0.229 e. The van der Waals surface area contributed by atoms with Crippen molar-refractivity contribution >= 4 is 55.9 Å². The van der Waals surface area contributed by atoms with Crippen molar-refractivity contribution in [3.05, 3.63) is 64.7 Å². The summed E-state index contributed by atoms with van der Waals surface area (Å²) in [4.78, 5) is 6.33. The molecule has 8 nitrogen and oxygen atoms in total. The van der Waals surface area contributed by atoms with E-state index in [2.05, 4.69) is 4.98 Å². The maximum atomic E-state index is 11.8. The molecule has 2 aromatic carbocycles. The highest BCUT2D eigenvalue weighted by atomic mass is 35.5. The molecule has 0 atom stereocenters. The standard InChI is InChI=1S/C22H23ClN6O2S/c1-27(21-19-7-6-17(23)13-20(19)29(14-24)22(25)26-21)18-5-3-4-16(12-18)15-8-10-28(11-9-15)32(2,30)31/h3-8,12-14,24-25H,9-11H2,1-2H3. The Labute approximate surface area is 191 Å². The zero-order chi connectivity index (χ0) is 23.0. The van der Waals surface area contributed by atoms with Crippen LogP contribution in [0, 0.1) is 10.8 Å². The number of halogens is 1. The van der Waals surface area contributed by atoms with Gasteiger partial charge in [-0.15, -0.1) is 0 Å². The summed E-state index contributed by atoms with van der Waals surface area (Å²) in [5, 5.41) is 17.2. The number of anilines is 2. The van der Waals surface area contributed by atoms with E-state index in [9.17, 15) is 8.42 Å². The second-order valence-electron chi connectivity index (χ2n) is 7.63. The Balaban J connectivity index is 1.74. The third-order valence-electron chi connectivity index (χ3n) is 5.59. The van der Waals surface area contributed by atoms with Crippen molar-refractivity contribution in [2.24, 2.45) is 0 Å². The van der Waals surface area contributed by atoms with Gasteiger partial charge in [0.05, 0.1) is 18.1 Å². The lowest BCUT2D eigenvalue weighted by Crippen LogP contribution is -2.33. The number of benzene rings is 2. The fraction of sp³-hybridized carbons (Fsp3) is 0.227. The number of hydrogen-bond acceptors (Lipinski definition) is 6. The Kier molecular flexibility index (Phi) is 5.89. The average Bonchev–Trinajstić information content (AvgIpc) is 2.77. The molecule has 0 radical (unpaired) electrons. The van der Waals surface area contributed by atoms with Gasteiger partial charge < -0.3 is 4.90 Å². The van der Waals surface area contributed by atoms with Gasteiger partial charge >= 0.3 is 0 Å². The Morgan fingerprint density at radius 1 is 1.22 bits per heavy atom. The van der Waals surface area contributed by atoms with E-state index in [1.165, 1.54) is 15.1 Å². The first-order valence-electron chi connectivity index (χ1n) is 9.94. The van der Waals surface area contributed by atoms with Crippen LogP contribution in [0.1, 0.15) is 12.0 Å². The number of rotatable bonds is 5. The van der Waals surface area contributed by atoms with Gasteiger partial charge in [0.1, 0.15) is 5.82 Å². The van der Waals surface area contributed by atoms with Gasteiger partial charge in [-0.3, -0.25) is 15.4 Å². The summed E-state index contributed by atoms with van der Waals surface area (Å²) in [6.07, 6.45) is 4.88. The number of aromatic nitrogens is 2. The molecule has 1 aliphatic heterocycles. The minimum absolute atomic E-state index is 0.0661. The number of fused-ring (bicyclic) bond motifs is 1. The van der Waals surface area contributed by atoms with Crippen LogP contribution in [-0.2, 0) is 10.0 Å². The van der Waals surface area contributed by atoms with Gasteiger partial charge in [0, 0.05) is 36.2 Å². The van der Waals surface area contributed by atoms with Gasteiger partial charge in [-0.05, 0) is 47.9 Å². The first kappa shape index (κ1) is 22.2. The fourth-order valence-electron chi connectivity index (χ4n) is 3.86. The van der Waals surface area contributed by atoms with Crippen molar-refractivity contribution in [1.29, 1.82) is 10.8 Å². The highest BCUT2D eigenvalue weighted by molar-refractivity contribution is 7.88. The predicted molar refractivity (Wildman–Crippen MR) is 128 cm³/mol. The largest absolute Gasteiger partial charge is 0.329 e. The minimum atomic E-state index is -3.20. The topological polar surface area (TPSA) is 106 Å². The molecule has 0 unspecified atom stereocenters. The number of sulfonamides is 1. The van der Waals surface area contributed by atoms with E-state index < -0.39 is 10.0 Å². The molecule has 32 heavy (non-hydrogen) atoms.